The molecule has 1 fully saturated rings. The average molecular weight is 697 g/mol. The van der Waals surface area contributed by atoms with Crippen LogP contribution in [0.3, 0.4) is 0 Å². The van der Waals surface area contributed by atoms with E-state index in [-0.39, 0.29) is 48.2 Å². The van der Waals surface area contributed by atoms with Gasteiger partial charge >= 0.3 is 6.03 Å². The van der Waals surface area contributed by atoms with Crippen molar-refractivity contribution >= 4 is 39.0 Å². The smallest absolute Gasteiger partial charge is 0.321 e. The number of benzene rings is 2. The van der Waals surface area contributed by atoms with Crippen molar-refractivity contribution in [2.45, 2.75) is 77.1 Å². The highest BCUT2D eigenvalue weighted by Crippen LogP contribution is 2.28. The molecule has 1 aromatic heterocycles. The van der Waals surface area contributed by atoms with Gasteiger partial charge in [0.15, 0.2) is 0 Å². The number of fused-ring (bicyclic) bond motifs is 1. The van der Waals surface area contributed by atoms with E-state index in [1.54, 1.807) is 28.0 Å². The second-order valence-electron chi connectivity index (χ2n) is 13.5. The predicted octanol–water partition coefficient (Wildman–Crippen LogP) is 4.12. The van der Waals surface area contributed by atoms with Crippen molar-refractivity contribution < 1.29 is 23.1 Å². The highest BCUT2D eigenvalue weighted by Gasteiger charge is 2.40. The fraction of sp³-hybridized carbons (Fsp3) is 0.514. The molecule has 3 atom stereocenters. The number of sulfonamides is 1. The number of hydrogen-bond acceptors (Lipinski definition) is 8. The van der Waals surface area contributed by atoms with Crippen molar-refractivity contribution in [3.8, 4) is 0 Å². The third kappa shape index (κ3) is 8.36. The summed E-state index contributed by atoms with van der Waals surface area (Å²) in [6.45, 7) is 11.6. The van der Waals surface area contributed by atoms with Gasteiger partial charge in [-0.15, -0.1) is 11.3 Å². The number of carbonyl (C=O) groups is 2. The van der Waals surface area contributed by atoms with Crippen LogP contribution in [-0.4, -0.2) is 95.5 Å². The van der Waals surface area contributed by atoms with Gasteiger partial charge in [-0.1, -0.05) is 58.0 Å². The lowest BCUT2D eigenvalue weighted by Gasteiger charge is -2.34. The summed E-state index contributed by atoms with van der Waals surface area (Å²) in [7, 11) is -3.96. The number of amides is 3. The van der Waals surface area contributed by atoms with Crippen LogP contribution in [0.5, 0.6) is 0 Å². The molecule has 5 rings (SSSR count). The average Bonchev–Trinajstić information content (AvgIpc) is 3.77. The number of nitrogens with one attached hydrogen (secondary N) is 2. The molecular formula is C35H48N6O5S2. The number of aliphatic hydroxyl groups is 1. The van der Waals surface area contributed by atoms with E-state index in [1.165, 1.54) is 15.6 Å². The Hall–Kier alpha value is -3.52. The molecule has 0 radical (unpaired) electrons. The Morgan fingerprint density at radius 2 is 1.85 bits per heavy atom. The van der Waals surface area contributed by atoms with Crippen LogP contribution < -0.4 is 10.6 Å². The Morgan fingerprint density at radius 3 is 2.52 bits per heavy atom. The molecule has 260 valence electrons. The number of aryl methyl sites for hydroxylation is 1. The molecule has 2 aromatic carbocycles. The van der Waals surface area contributed by atoms with Gasteiger partial charge in [0.1, 0.15) is 6.04 Å². The van der Waals surface area contributed by atoms with Crippen molar-refractivity contribution in [1.29, 1.82) is 0 Å². The molecule has 0 aliphatic carbocycles. The molecule has 0 spiro atoms. The van der Waals surface area contributed by atoms with Gasteiger partial charge in [0, 0.05) is 43.8 Å². The molecule has 3 aromatic rings. The number of nitrogens with zero attached hydrogens (tertiary/aromatic N) is 4. The largest absolute Gasteiger partial charge is 0.390 e. The number of anilines is 1. The fourth-order valence-electron chi connectivity index (χ4n) is 6.51. The maximum atomic E-state index is 14.1. The van der Waals surface area contributed by atoms with Crippen molar-refractivity contribution in [2.75, 3.05) is 38.0 Å². The molecule has 3 N–H and O–H groups in total. The van der Waals surface area contributed by atoms with Gasteiger partial charge < -0.3 is 25.5 Å². The number of hydrogen-bond donors (Lipinski definition) is 3. The molecule has 2 aliphatic rings. The second-order valence-corrected chi connectivity index (χ2v) is 16.5. The molecule has 0 saturated carbocycles. The SMILES string of the molecule is Cc1nc(CN2CCN([C@H](C(=O)N[C@@H](Cc3ccccc3)[C@H](O)CN(CC(C)C)S(=O)(=O)c3ccc4c(c3)CCN4)C(C)C)C2=O)cs1. The number of rotatable bonds is 15. The molecule has 3 amide bonds. The van der Waals surface area contributed by atoms with Gasteiger partial charge in [-0.25, -0.2) is 18.2 Å². The lowest BCUT2D eigenvalue weighted by Crippen LogP contribution is -2.57. The van der Waals surface area contributed by atoms with Gasteiger partial charge in [-0.2, -0.15) is 4.31 Å². The number of aromatic nitrogens is 1. The summed E-state index contributed by atoms with van der Waals surface area (Å²) in [6.07, 6.45) is -0.206. The number of thiazole rings is 1. The van der Waals surface area contributed by atoms with Crippen LogP contribution in [0.2, 0.25) is 0 Å². The maximum absolute atomic E-state index is 14.1. The van der Waals surface area contributed by atoms with E-state index < -0.39 is 28.2 Å². The predicted molar refractivity (Wildman–Crippen MR) is 188 cm³/mol. The molecular weight excluding hydrogens is 649 g/mol. The Bertz CT molecular complexity index is 1680. The number of aliphatic hydroxyl groups excluding tert-OH is 1. The monoisotopic (exact) mass is 696 g/mol. The van der Waals surface area contributed by atoms with Crippen molar-refractivity contribution in [2.24, 2.45) is 11.8 Å². The zero-order valence-electron chi connectivity index (χ0n) is 28.4. The zero-order chi connectivity index (χ0) is 34.6. The molecule has 1 saturated heterocycles. The normalized spacial score (nSPS) is 16.8. The lowest BCUT2D eigenvalue weighted by molar-refractivity contribution is -0.128. The van der Waals surface area contributed by atoms with E-state index in [0.29, 0.717) is 19.6 Å². The van der Waals surface area contributed by atoms with Gasteiger partial charge in [0.25, 0.3) is 0 Å². The van der Waals surface area contributed by atoms with E-state index >= 15 is 0 Å². The van der Waals surface area contributed by atoms with Crippen molar-refractivity contribution in [3.05, 3.63) is 75.7 Å². The topological polar surface area (TPSA) is 135 Å². The first-order valence-corrected chi connectivity index (χ1v) is 19.0. The first-order valence-electron chi connectivity index (χ1n) is 16.7. The minimum atomic E-state index is -3.96. The first kappa shape index (κ1) is 35.8. The minimum Gasteiger partial charge on any atom is -0.390 e. The number of carbonyl (C=O) groups excluding carboxylic acids is 2. The quantitative estimate of drug-likeness (QED) is 0.218. The zero-order valence-corrected chi connectivity index (χ0v) is 30.1. The van der Waals surface area contributed by atoms with Crippen molar-refractivity contribution in [3.63, 3.8) is 0 Å². The van der Waals surface area contributed by atoms with Gasteiger partial charge in [0.05, 0.1) is 34.3 Å². The molecule has 3 heterocycles. The fourth-order valence-corrected chi connectivity index (χ4v) is 8.79. The summed E-state index contributed by atoms with van der Waals surface area (Å²) in [4.78, 5) is 35.6. The van der Waals surface area contributed by atoms with Crippen LogP contribution in [0.4, 0.5) is 10.5 Å². The van der Waals surface area contributed by atoms with Crippen LogP contribution in [0.15, 0.2) is 58.8 Å². The summed E-state index contributed by atoms with van der Waals surface area (Å²) >= 11 is 1.53. The van der Waals surface area contributed by atoms with Crippen molar-refractivity contribution in [1.82, 2.24) is 24.4 Å². The molecule has 48 heavy (non-hydrogen) atoms. The molecule has 11 nitrogen and oxygen atoms in total. The minimum absolute atomic E-state index is 0.00660. The van der Waals surface area contributed by atoms with Crippen LogP contribution in [0.1, 0.15) is 49.5 Å². The second kappa shape index (κ2) is 15.4. The summed E-state index contributed by atoms with van der Waals surface area (Å²) in [5.74, 6) is -0.598. The number of urea groups is 1. The Balaban J connectivity index is 1.37. The Kier molecular flexibility index (Phi) is 11.4. The first-order chi connectivity index (χ1) is 22.8. The van der Waals surface area contributed by atoms with Crippen LogP contribution >= 0.6 is 11.3 Å². The Morgan fingerprint density at radius 1 is 1.10 bits per heavy atom. The van der Waals surface area contributed by atoms with E-state index in [1.807, 2.05) is 70.3 Å². The van der Waals surface area contributed by atoms with E-state index in [2.05, 4.69) is 15.6 Å². The Labute approximate surface area is 288 Å². The van der Waals surface area contributed by atoms with E-state index in [0.717, 1.165) is 40.5 Å². The van der Waals surface area contributed by atoms with Crippen LogP contribution in [-0.2, 0) is 34.2 Å². The molecule has 0 unspecified atom stereocenters. The van der Waals surface area contributed by atoms with E-state index in [9.17, 15) is 23.1 Å². The molecule has 0 bridgehead atoms. The lowest BCUT2D eigenvalue weighted by atomic mass is 9.97. The maximum Gasteiger partial charge on any atom is 0.321 e. The highest BCUT2D eigenvalue weighted by atomic mass is 32.2. The van der Waals surface area contributed by atoms with Gasteiger partial charge in [0.2, 0.25) is 15.9 Å². The molecule has 2 aliphatic heterocycles. The van der Waals surface area contributed by atoms with Crippen LogP contribution in [0.25, 0.3) is 0 Å². The van der Waals surface area contributed by atoms with Gasteiger partial charge in [-0.05, 0) is 60.9 Å². The standard InChI is InChI=1S/C35H48N6O5S2/c1-23(2)19-40(48(45,46)29-11-12-30-27(18-29)13-14-36-30)21-32(42)31(17-26-9-7-6-8-10-26)38-34(43)33(24(3)4)41-16-15-39(35(41)44)20-28-22-47-25(5)37-28/h6-12,18,22-24,31-33,36,42H,13-17,19-21H2,1-5H3,(H,38,43)/t31-,32+,33-/m0/s1. The summed E-state index contributed by atoms with van der Waals surface area (Å²) in [6, 6.07) is 12.8. The van der Waals surface area contributed by atoms with E-state index in [4.69, 9.17) is 0 Å². The summed E-state index contributed by atoms with van der Waals surface area (Å²) in [5, 5.41) is 21.0. The highest BCUT2D eigenvalue weighted by molar-refractivity contribution is 7.89. The third-order valence-corrected chi connectivity index (χ3v) is 11.5. The van der Waals surface area contributed by atoms with Crippen LogP contribution in [0, 0.1) is 18.8 Å². The molecule has 13 heteroatoms. The third-order valence-electron chi connectivity index (χ3n) is 8.86. The summed E-state index contributed by atoms with van der Waals surface area (Å²) in [5.41, 5.74) is 3.59. The van der Waals surface area contributed by atoms with Gasteiger partial charge in [-0.3, -0.25) is 4.79 Å². The summed E-state index contributed by atoms with van der Waals surface area (Å²) < 4.78 is 29.4.